The molecule has 0 saturated heterocycles. The molecule has 18 heavy (non-hydrogen) atoms. The number of hydrogen-bond donors (Lipinski definition) is 1. The van der Waals surface area contributed by atoms with Crippen LogP contribution in [0.3, 0.4) is 0 Å². The predicted molar refractivity (Wildman–Crippen MR) is 78.3 cm³/mol. The zero-order chi connectivity index (χ0) is 13.2. The zero-order valence-corrected chi connectivity index (χ0v) is 12.7. The van der Waals surface area contributed by atoms with Gasteiger partial charge in [0.1, 0.15) is 0 Å². The molecule has 0 heterocycles. The number of nitrogens with two attached hydrogens (primary N) is 1. The molecule has 1 aliphatic rings. The second-order valence-corrected chi connectivity index (χ2v) is 6.12. The molecular formula is C15H22BrNO. The van der Waals surface area contributed by atoms with Crippen LogP contribution in [0.2, 0.25) is 0 Å². The quantitative estimate of drug-likeness (QED) is 0.896. The van der Waals surface area contributed by atoms with Crippen molar-refractivity contribution in [2.45, 2.75) is 51.9 Å². The SMILES string of the molecule is CCC1(CC)C(N)CC1OCc1ccc(Br)cc1. The molecule has 0 aromatic heterocycles. The number of benzene rings is 1. The molecule has 1 aliphatic carbocycles. The predicted octanol–water partition coefficient (Wildman–Crippen LogP) is 3.87. The second-order valence-electron chi connectivity index (χ2n) is 5.21. The van der Waals surface area contributed by atoms with Gasteiger partial charge in [0.05, 0.1) is 12.7 Å². The maximum absolute atomic E-state index is 6.17. The maximum atomic E-state index is 6.17. The standard InChI is InChI=1S/C15H22BrNO/c1-3-15(4-2)13(17)9-14(15)18-10-11-5-7-12(16)8-6-11/h5-8,13-14H,3-4,9-10,17H2,1-2H3. The normalized spacial score (nSPS) is 25.8. The van der Waals surface area contributed by atoms with E-state index < -0.39 is 0 Å². The molecule has 100 valence electrons. The minimum absolute atomic E-state index is 0.204. The number of rotatable bonds is 5. The third-order valence-electron chi connectivity index (χ3n) is 4.53. The average molecular weight is 312 g/mol. The van der Waals surface area contributed by atoms with E-state index in [-0.39, 0.29) is 5.41 Å². The summed E-state index contributed by atoms with van der Waals surface area (Å²) < 4.78 is 7.18. The van der Waals surface area contributed by atoms with Gasteiger partial charge < -0.3 is 10.5 Å². The summed E-state index contributed by atoms with van der Waals surface area (Å²) in [6, 6.07) is 8.61. The van der Waals surface area contributed by atoms with Crippen molar-refractivity contribution in [2.24, 2.45) is 11.1 Å². The van der Waals surface area contributed by atoms with E-state index in [4.69, 9.17) is 10.5 Å². The first kappa shape index (κ1) is 14.0. The van der Waals surface area contributed by atoms with Crippen molar-refractivity contribution >= 4 is 15.9 Å². The van der Waals surface area contributed by atoms with Crippen LogP contribution in [-0.4, -0.2) is 12.1 Å². The summed E-state index contributed by atoms with van der Waals surface area (Å²) in [4.78, 5) is 0. The number of ether oxygens (including phenoxy) is 1. The van der Waals surface area contributed by atoms with Crippen LogP contribution >= 0.6 is 15.9 Å². The Balaban J connectivity index is 1.93. The molecule has 2 nitrogen and oxygen atoms in total. The average Bonchev–Trinajstić information content (AvgIpc) is 2.38. The van der Waals surface area contributed by atoms with Crippen LogP contribution in [0, 0.1) is 5.41 Å². The summed E-state index contributed by atoms with van der Waals surface area (Å²) >= 11 is 3.44. The third kappa shape index (κ3) is 2.49. The van der Waals surface area contributed by atoms with Crippen molar-refractivity contribution in [1.82, 2.24) is 0 Å². The fraction of sp³-hybridized carbons (Fsp3) is 0.600. The van der Waals surface area contributed by atoms with E-state index in [0.717, 1.165) is 23.7 Å². The first-order valence-corrected chi connectivity index (χ1v) is 7.53. The molecule has 0 spiro atoms. The minimum Gasteiger partial charge on any atom is -0.373 e. The number of hydrogen-bond acceptors (Lipinski definition) is 2. The maximum Gasteiger partial charge on any atom is 0.0720 e. The molecule has 3 heteroatoms. The first-order valence-electron chi connectivity index (χ1n) is 6.74. The number of halogens is 1. The van der Waals surface area contributed by atoms with Gasteiger partial charge in [0.25, 0.3) is 0 Å². The van der Waals surface area contributed by atoms with Gasteiger partial charge in [-0.15, -0.1) is 0 Å². The van der Waals surface area contributed by atoms with Crippen molar-refractivity contribution < 1.29 is 4.74 Å². The summed E-state index contributed by atoms with van der Waals surface area (Å²) in [5.74, 6) is 0. The highest BCUT2D eigenvalue weighted by Gasteiger charge is 2.51. The van der Waals surface area contributed by atoms with Gasteiger partial charge in [-0.25, -0.2) is 0 Å². The van der Waals surface area contributed by atoms with Crippen LogP contribution < -0.4 is 5.73 Å². The second kappa shape index (κ2) is 5.72. The van der Waals surface area contributed by atoms with Gasteiger partial charge in [-0.05, 0) is 37.0 Å². The fourth-order valence-electron chi connectivity index (χ4n) is 3.02. The van der Waals surface area contributed by atoms with Crippen molar-refractivity contribution in [3.8, 4) is 0 Å². The molecule has 0 amide bonds. The molecule has 2 atom stereocenters. The van der Waals surface area contributed by atoms with E-state index >= 15 is 0 Å². The van der Waals surface area contributed by atoms with Gasteiger partial charge in [-0.1, -0.05) is 41.9 Å². The highest BCUT2D eigenvalue weighted by Crippen LogP contribution is 2.47. The molecule has 1 aromatic rings. The molecule has 2 rings (SSSR count). The monoisotopic (exact) mass is 311 g/mol. The Kier molecular flexibility index (Phi) is 4.46. The van der Waals surface area contributed by atoms with Crippen molar-refractivity contribution in [2.75, 3.05) is 0 Å². The van der Waals surface area contributed by atoms with E-state index in [9.17, 15) is 0 Å². The van der Waals surface area contributed by atoms with Gasteiger partial charge in [0, 0.05) is 15.9 Å². The smallest absolute Gasteiger partial charge is 0.0720 e. The van der Waals surface area contributed by atoms with Crippen LogP contribution in [0.25, 0.3) is 0 Å². The summed E-state index contributed by atoms with van der Waals surface area (Å²) in [5.41, 5.74) is 7.60. The Morgan fingerprint density at radius 3 is 2.39 bits per heavy atom. The zero-order valence-electron chi connectivity index (χ0n) is 11.2. The molecule has 0 bridgehead atoms. The van der Waals surface area contributed by atoms with E-state index in [1.54, 1.807) is 0 Å². The Morgan fingerprint density at radius 2 is 1.89 bits per heavy atom. The van der Waals surface area contributed by atoms with Gasteiger partial charge in [-0.2, -0.15) is 0 Å². The molecule has 0 aliphatic heterocycles. The summed E-state index contributed by atoms with van der Waals surface area (Å²) in [7, 11) is 0. The Hall–Kier alpha value is -0.380. The van der Waals surface area contributed by atoms with Gasteiger partial charge in [-0.3, -0.25) is 0 Å². The Labute approximate surface area is 118 Å². The van der Waals surface area contributed by atoms with E-state index in [1.807, 2.05) is 0 Å². The lowest BCUT2D eigenvalue weighted by atomic mass is 9.59. The lowest BCUT2D eigenvalue weighted by molar-refractivity contribution is -0.137. The topological polar surface area (TPSA) is 35.2 Å². The van der Waals surface area contributed by atoms with Gasteiger partial charge >= 0.3 is 0 Å². The third-order valence-corrected chi connectivity index (χ3v) is 5.06. The van der Waals surface area contributed by atoms with Crippen LogP contribution in [0.1, 0.15) is 38.7 Å². The van der Waals surface area contributed by atoms with Crippen molar-refractivity contribution in [1.29, 1.82) is 0 Å². The molecule has 1 aromatic carbocycles. The first-order chi connectivity index (χ1) is 8.62. The van der Waals surface area contributed by atoms with Gasteiger partial charge in [0.15, 0.2) is 0 Å². The fourth-order valence-corrected chi connectivity index (χ4v) is 3.28. The highest BCUT2D eigenvalue weighted by atomic mass is 79.9. The van der Waals surface area contributed by atoms with E-state index in [1.165, 1.54) is 5.56 Å². The van der Waals surface area contributed by atoms with Crippen LogP contribution in [0.5, 0.6) is 0 Å². The van der Waals surface area contributed by atoms with Crippen LogP contribution in [0.15, 0.2) is 28.7 Å². The van der Waals surface area contributed by atoms with Crippen LogP contribution in [0.4, 0.5) is 0 Å². The molecule has 1 fully saturated rings. The lowest BCUT2D eigenvalue weighted by Crippen LogP contribution is -2.61. The Morgan fingerprint density at radius 1 is 1.28 bits per heavy atom. The van der Waals surface area contributed by atoms with E-state index in [2.05, 4.69) is 54.0 Å². The largest absolute Gasteiger partial charge is 0.373 e. The summed E-state index contributed by atoms with van der Waals surface area (Å²) in [6.45, 7) is 5.13. The lowest BCUT2D eigenvalue weighted by Gasteiger charge is -2.53. The minimum atomic E-state index is 0.204. The summed E-state index contributed by atoms with van der Waals surface area (Å²) in [6.07, 6.45) is 3.54. The highest BCUT2D eigenvalue weighted by molar-refractivity contribution is 9.10. The van der Waals surface area contributed by atoms with Crippen molar-refractivity contribution in [3.05, 3.63) is 34.3 Å². The van der Waals surface area contributed by atoms with Crippen LogP contribution in [-0.2, 0) is 11.3 Å². The molecule has 2 unspecified atom stereocenters. The van der Waals surface area contributed by atoms with Gasteiger partial charge in [0.2, 0.25) is 0 Å². The molecule has 2 N–H and O–H groups in total. The summed E-state index contributed by atoms with van der Waals surface area (Å²) in [5, 5.41) is 0. The molecule has 1 saturated carbocycles. The van der Waals surface area contributed by atoms with E-state index in [0.29, 0.717) is 18.8 Å². The Bertz CT molecular complexity index is 386. The molecular weight excluding hydrogens is 290 g/mol. The van der Waals surface area contributed by atoms with Crippen molar-refractivity contribution in [3.63, 3.8) is 0 Å². The molecule has 0 radical (unpaired) electrons.